The standard InChI is InChI=1S/C12H17BrN4/c1-8-6-10(13)7-16-12(8)17-4-2-9(3-5-17)11(14)15/h6-7,9H,2-5H2,1H3,(H3,14,15). The maximum Gasteiger partial charge on any atom is 0.131 e. The summed E-state index contributed by atoms with van der Waals surface area (Å²) in [7, 11) is 0. The Morgan fingerprint density at radius 1 is 1.53 bits per heavy atom. The van der Waals surface area contributed by atoms with E-state index in [-0.39, 0.29) is 5.92 Å². The number of piperidine rings is 1. The molecule has 1 aliphatic heterocycles. The molecule has 0 aromatic carbocycles. The zero-order valence-electron chi connectivity index (χ0n) is 9.91. The Kier molecular flexibility index (Phi) is 3.66. The van der Waals surface area contributed by atoms with Crippen molar-refractivity contribution < 1.29 is 0 Å². The van der Waals surface area contributed by atoms with E-state index in [9.17, 15) is 0 Å². The van der Waals surface area contributed by atoms with Gasteiger partial charge in [-0.1, -0.05) is 0 Å². The van der Waals surface area contributed by atoms with Gasteiger partial charge in [0.2, 0.25) is 0 Å². The molecule has 4 nitrogen and oxygen atoms in total. The maximum atomic E-state index is 7.47. The zero-order valence-corrected chi connectivity index (χ0v) is 11.5. The lowest BCUT2D eigenvalue weighted by atomic mass is 9.95. The van der Waals surface area contributed by atoms with E-state index in [4.69, 9.17) is 11.1 Å². The van der Waals surface area contributed by atoms with Crippen LogP contribution in [0.5, 0.6) is 0 Å². The molecule has 0 atom stereocenters. The summed E-state index contributed by atoms with van der Waals surface area (Å²) in [5.74, 6) is 1.63. The molecule has 2 heterocycles. The normalized spacial score (nSPS) is 17.2. The largest absolute Gasteiger partial charge is 0.387 e. The lowest BCUT2D eigenvalue weighted by Crippen LogP contribution is -2.39. The molecule has 3 N–H and O–H groups in total. The van der Waals surface area contributed by atoms with Crippen LogP contribution in [0, 0.1) is 18.3 Å². The van der Waals surface area contributed by atoms with Crippen molar-refractivity contribution >= 4 is 27.6 Å². The van der Waals surface area contributed by atoms with Gasteiger partial charge in [-0.05, 0) is 47.3 Å². The van der Waals surface area contributed by atoms with Gasteiger partial charge in [0.25, 0.3) is 0 Å². The van der Waals surface area contributed by atoms with Crippen LogP contribution in [0.1, 0.15) is 18.4 Å². The van der Waals surface area contributed by atoms with Gasteiger partial charge >= 0.3 is 0 Å². The number of aryl methyl sites for hydroxylation is 1. The summed E-state index contributed by atoms with van der Waals surface area (Å²) in [5, 5.41) is 7.47. The Labute approximate surface area is 110 Å². The van der Waals surface area contributed by atoms with E-state index in [1.54, 1.807) is 0 Å². The highest BCUT2D eigenvalue weighted by Gasteiger charge is 2.22. The highest BCUT2D eigenvalue weighted by molar-refractivity contribution is 9.10. The molecule has 0 bridgehead atoms. The van der Waals surface area contributed by atoms with Gasteiger partial charge in [-0.15, -0.1) is 0 Å². The number of halogens is 1. The number of amidine groups is 1. The second-order valence-electron chi connectivity index (χ2n) is 4.51. The number of nitrogens with two attached hydrogens (primary N) is 1. The van der Waals surface area contributed by atoms with Gasteiger partial charge < -0.3 is 10.6 Å². The third-order valence-corrected chi connectivity index (χ3v) is 3.69. The van der Waals surface area contributed by atoms with Gasteiger partial charge in [0.1, 0.15) is 5.82 Å². The van der Waals surface area contributed by atoms with Crippen LogP contribution in [-0.2, 0) is 0 Å². The molecule has 1 aromatic rings. The Bertz CT molecular complexity index is 425. The molecule has 92 valence electrons. The molecular weight excluding hydrogens is 280 g/mol. The average molecular weight is 297 g/mol. The van der Waals surface area contributed by atoms with Crippen LogP contribution in [-0.4, -0.2) is 23.9 Å². The molecule has 0 unspecified atom stereocenters. The first-order chi connectivity index (χ1) is 8.08. The van der Waals surface area contributed by atoms with E-state index in [1.165, 1.54) is 5.56 Å². The zero-order chi connectivity index (χ0) is 12.4. The Balaban J connectivity index is 2.08. The Morgan fingerprint density at radius 2 is 2.18 bits per heavy atom. The van der Waals surface area contributed by atoms with Crippen molar-refractivity contribution in [3.8, 4) is 0 Å². The predicted octanol–water partition coefficient (Wildman–Crippen LogP) is 2.30. The molecule has 0 spiro atoms. The van der Waals surface area contributed by atoms with E-state index < -0.39 is 0 Å². The van der Waals surface area contributed by atoms with E-state index in [0.717, 1.165) is 36.2 Å². The molecule has 1 aliphatic rings. The molecule has 2 rings (SSSR count). The Morgan fingerprint density at radius 3 is 2.71 bits per heavy atom. The number of aromatic nitrogens is 1. The first-order valence-corrected chi connectivity index (χ1v) is 6.58. The van der Waals surface area contributed by atoms with Gasteiger partial charge in [0.05, 0.1) is 5.84 Å². The van der Waals surface area contributed by atoms with Crippen molar-refractivity contribution in [2.24, 2.45) is 11.7 Å². The SMILES string of the molecule is Cc1cc(Br)cnc1N1CCC(C(=N)N)CC1. The summed E-state index contributed by atoms with van der Waals surface area (Å²) in [5.41, 5.74) is 6.73. The maximum absolute atomic E-state index is 7.47. The van der Waals surface area contributed by atoms with Gasteiger partial charge in [0, 0.05) is 29.7 Å². The monoisotopic (exact) mass is 296 g/mol. The van der Waals surface area contributed by atoms with Crippen molar-refractivity contribution in [3.05, 3.63) is 22.3 Å². The number of rotatable bonds is 2. The quantitative estimate of drug-likeness (QED) is 0.650. The van der Waals surface area contributed by atoms with Gasteiger partial charge in [-0.2, -0.15) is 0 Å². The first kappa shape index (κ1) is 12.4. The minimum atomic E-state index is 0.252. The fourth-order valence-electron chi connectivity index (χ4n) is 2.27. The van der Waals surface area contributed by atoms with Crippen molar-refractivity contribution in [1.82, 2.24) is 4.98 Å². The van der Waals surface area contributed by atoms with Crippen LogP contribution in [0.15, 0.2) is 16.7 Å². The number of pyridine rings is 1. The van der Waals surface area contributed by atoms with Crippen LogP contribution in [0.3, 0.4) is 0 Å². The topological polar surface area (TPSA) is 66.0 Å². The second kappa shape index (κ2) is 5.04. The van der Waals surface area contributed by atoms with Crippen LogP contribution in [0.2, 0.25) is 0 Å². The summed E-state index contributed by atoms with van der Waals surface area (Å²) >= 11 is 3.42. The fourth-order valence-corrected chi connectivity index (χ4v) is 2.71. The summed E-state index contributed by atoms with van der Waals surface area (Å²) in [6.07, 6.45) is 3.73. The lowest BCUT2D eigenvalue weighted by molar-refractivity contribution is 0.494. The predicted molar refractivity (Wildman–Crippen MR) is 73.5 cm³/mol. The van der Waals surface area contributed by atoms with Crippen LogP contribution in [0.25, 0.3) is 0 Å². The molecule has 1 saturated heterocycles. The molecular formula is C12H17BrN4. The van der Waals surface area contributed by atoms with Crippen LogP contribution in [0.4, 0.5) is 5.82 Å². The fraction of sp³-hybridized carbons (Fsp3) is 0.500. The number of hydrogen-bond acceptors (Lipinski definition) is 3. The molecule has 0 amide bonds. The van der Waals surface area contributed by atoms with Crippen molar-refractivity contribution in [2.45, 2.75) is 19.8 Å². The summed E-state index contributed by atoms with van der Waals surface area (Å²) < 4.78 is 1.01. The molecule has 1 fully saturated rings. The number of nitrogens with zero attached hydrogens (tertiary/aromatic N) is 2. The van der Waals surface area contributed by atoms with Crippen LogP contribution < -0.4 is 10.6 Å². The van der Waals surface area contributed by atoms with Crippen molar-refractivity contribution in [2.75, 3.05) is 18.0 Å². The average Bonchev–Trinajstić information content (AvgIpc) is 2.29. The third-order valence-electron chi connectivity index (χ3n) is 3.25. The van der Waals surface area contributed by atoms with E-state index >= 15 is 0 Å². The summed E-state index contributed by atoms with van der Waals surface area (Å²) in [6, 6.07) is 2.08. The van der Waals surface area contributed by atoms with Crippen molar-refractivity contribution in [1.29, 1.82) is 5.41 Å². The third kappa shape index (κ3) is 2.77. The molecule has 0 aliphatic carbocycles. The van der Waals surface area contributed by atoms with Gasteiger partial charge in [-0.25, -0.2) is 4.98 Å². The minimum absolute atomic E-state index is 0.252. The number of nitrogens with one attached hydrogen (secondary N) is 1. The number of hydrogen-bond donors (Lipinski definition) is 2. The molecule has 5 heteroatoms. The summed E-state index contributed by atoms with van der Waals surface area (Å²) in [6.45, 7) is 3.93. The van der Waals surface area contributed by atoms with E-state index in [0.29, 0.717) is 5.84 Å². The molecule has 0 radical (unpaired) electrons. The highest BCUT2D eigenvalue weighted by Crippen LogP contribution is 2.25. The highest BCUT2D eigenvalue weighted by atomic mass is 79.9. The molecule has 17 heavy (non-hydrogen) atoms. The molecule has 1 aromatic heterocycles. The summed E-state index contributed by atoms with van der Waals surface area (Å²) in [4.78, 5) is 6.74. The minimum Gasteiger partial charge on any atom is -0.387 e. The smallest absolute Gasteiger partial charge is 0.131 e. The van der Waals surface area contributed by atoms with E-state index in [1.807, 2.05) is 6.20 Å². The Hall–Kier alpha value is -1.10. The van der Waals surface area contributed by atoms with Crippen LogP contribution >= 0.6 is 15.9 Å². The van der Waals surface area contributed by atoms with Gasteiger partial charge in [-0.3, -0.25) is 5.41 Å². The molecule has 0 saturated carbocycles. The first-order valence-electron chi connectivity index (χ1n) is 5.79. The lowest BCUT2D eigenvalue weighted by Gasteiger charge is -2.33. The van der Waals surface area contributed by atoms with Crippen molar-refractivity contribution in [3.63, 3.8) is 0 Å². The second-order valence-corrected chi connectivity index (χ2v) is 5.43. The number of anilines is 1. The van der Waals surface area contributed by atoms with E-state index in [2.05, 4.69) is 38.8 Å². The van der Waals surface area contributed by atoms with Gasteiger partial charge in [0.15, 0.2) is 0 Å².